The van der Waals surface area contributed by atoms with Crippen LogP contribution < -0.4 is 9.62 Å². The minimum Gasteiger partial charge on any atom is -0.352 e. The van der Waals surface area contributed by atoms with Crippen molar-refractivity contribution in [2.24, 2.45) is 0 Å². The highest BCUT2D eigenvalue weighted by molar-refractivity contribution is 7.92. The Bertz CT molecular complexity index is 1470. The van der Waals surface area contributed by atoms with Crippen LogP contribution in [-0.4, -0.2) is 43.8 Å². The molecule has 0 saturated heterocycles. The number of nitrogens with zero attached hydrogens (tertiary/aromatic N) is 2. The molecule has 0 aliphatic carbocycles. The van der Waals surface area contributed by atoms with Gasteiger partial charge in [0.1, 0.15) is 12.6 Å². The van der Waals surface area contributed by atoms with Crippen molar-refractivity contribution in [1.29, 1.82) is 0 Å². The number of carbonyl (C=O) groups excluding carboxylic acids is 2. The molecule has 3 aromatic carbocycles. The van der Waals surface area contributed by atoms with E-state index in [2.05, 4.69) is 5.32 Å². The summed E-state index contributed by atoms with van der Waals surface area (Å²) >= 11 is 18.8. The minimum absolute atomic E-state index is 0.0160. The van der Waals surface area contributed by atoms with Gasteiger partial charge < -0.3 is 10.2 Å². The van der Waals surface area contributed by atoms with Crippen LogP contribution in [-0.2, 0) is 26.2 Å². The molecule has 0 unspecified atom stereocenters. The molecule has 0 heterocycles. The molecule has 11 heteroatoms. The quantitative estimate of drug-likeness (QED) is 0.235. The van der Waals surface area contributed by atoms with Gasteiger partial charge in [0.05, 0.1) is 15.6 Å². The van der Waals surface area contributed by atoms with E-state index in [1.54, 1.807) is 43.3 Å². The molecular weight excluding hydrogens is 605 g/mol. The number of amides is 2. The van der Waals surface area contributed by atoms with Crippen molar-refractivity contribution in [1.82, 2.24) is 10.2 Å². The van der Waals surface area contributed by atoms with Gasteiger partial charge in [0.2, 0.25) is 11.8 Å². The Morgan fingerprint density at radius 2 is 1.49 bits per heavy atom. The van der Waals surface area contributed by atoms with E-state index in [1.807, 2.05) is 20.8 Å². The molecule has 0 aromatic heterocycles. The number of hydrogen-bond acceptors (Lipinski definition) is 4. The summed E-state index contributed by atoms with van der Waals surface area (Å²) in [5.74, 6) is -0.907. The van der Waals surface area contributed by atoms with Crippen molar-refractivity contribution in [3.63, 3.8) is 0 Å². The molecule has 3 rings (SSSR count). The molecule has 0 saturated carbocycles. The van der Waals surface area contributed by atoms with Crippen LogP contribution in [0.3, 0.4) is 0 Å². The van der Waals surface area contributed by atoms with Gasteiger partial charge in [0, 0.05) is 22.6 Å². The number of rotatable bonds is 12. The van der Waals surface area contributed by atoms with Gasteiger partial charge in [-0.05, 0) is 74.7 Å². The summed E-state index contributed by atoms with van der Waals surface area (Å²) in [6.07, 6.45) is 1.02. The third-order valence-corrected chi connectivity index (χ3v) is 9.30. The molecule has 41 heavy (non-hydrogen) atoms. The molecule has 2 atom stereocenters. The second-order valence-corrected chi connectivity index (χ2v) is 13.0. The highest BCUT2D eigenvalue weighted by atomic mass is 35.5. The van der Waals surface area contributed by atoms with Gasteiger partial charge in [-0.1, -0.05) is 78.5 Å². The van der Waals surface area contributed by atoms with Crippen molar-refractivity contribution < 1.29 is 18.0 Å². The Balaban J connectivity index is 2.10. The molecular formula is C30H34Cl3N3O4S. The van der Waals surface area contributed by atoms with Gasteiger partial charge in [-0.25, -0.2) is 8.42 Å². The van der Waals surface area contributed by atoms with Gasteiger partial charge in [-0.2, -0.15) is 0 Å². The Hall–Kier alpha value is -2.78. The second kappa shape index (κ2) is 14.4. The van der Waals surface area contributed by atoms with E-state index < -0.39 is 28.5 Å². The van der Waals surface area contributed by atoms with E-state index in [1.165, 1.54) is 35.2 Å². The maximum Gasteiger partial charge on any atom is 0.264 e. The molecule has 0 fully saturated rings. The van der Waals surface area contributed by atoms with Crippen LogP contribution in [0.5, 0.6) is 0 Å². The SMILES string of the molecule is CC[C@H](C)NC(=O)[C@H](CC)N(Cc1ccc(Cl)cc1)C(=O)CN(c1cc(Cl)ccc1Cl)S(=O)(=O)c1ccc(C)cc1. The summed E-state index contributed by atoms with van der Waals surface area (Å²) in [4.78, 5) is 28.9. The lowest BCUT2D eigenvalue weighted by Crippen LogP contribution is -2.53. The zero-order valence-corrected chi connectivity index (χ0v) is 26.5. The molecule has 0 bridgehead atoms. The number of nitrogens with one attached hydrogen (secondary N) is 1. The molecule has 0 radical (unpaired) electrons. The van der Waals surface area contributed by atoms with Gasteiger partial charge in [0.25, 0.3) is 10.0 Å². The van der Waals surface area contributed by atoms with Gasteiger partial charge in [-0.3, -0.25) is 13.9 Å². The summed E-state index contributed by atoms with van der Waals surface area (Å²) in [6.45, 7) is 6.92. The zero-order chi connectivity index (χ0) is 30.3. The maximum absolute atomic E-state index is 14.1. The van der Waals surface area contributed by atoms with Crippen molar-refractivity contribution in [3.05, 3.63) is 92.9 Å². The lowest BCUT2D eigenvalue weighted by Gasteiger charge is -2.34. The first-order chi connectivity index (χ1) is 19.4. The normalized spacial score (nSPS) is 12.9. The zero-order valence-electron chi connectivity index (χ0n) is 23.4. The molecule has 3 aromatic rings. The van der Waals surface area contributed by atoms with E-state index >= 15 is 0 Å². The van der Waals surface area contributed by atoms with Crippen molar-refractivity contribution in [3.8, 4) is 0 Å². The van der Waals surface area contributed by atoms with E-state index in [0.717, 1.165) is 15.4 Å². The standard InChI is InChI=1S/C30H34Cl3N3O4S/c1-5-21(4)34-30(38)27(6-2)35(18-22-9-11-23(31)12-10-22)29(37)19-36(28-17-24(32)13-16-26(28)33)41(39,40)25-14-7-20(3)8-15-25/h7-17,21,27H,5-6,18-19H2,1-4H3,(H,34,38)/t21-,27-/m0/s1. The predicted molar refractivity (Wildman–Crippen MR) is 166 cm³/mol. The molecule has 7 nitrogen and oxygen atoms in total. The lowest BCUT2D eigenvalue weighted by atomic mass is 10.1. The van der Waals surface area contributed by atoms with Crippen LogP contribution in [0.2, 0.25) is 15.1 Å². The van der Waals surface area contributed by atoms with E-state index in [-0.39, 0.29) is 39.1 Å². The Morgan fingerprint density at radius 3 is 2.07 bits per heavy atom. The van der Waals surface area contributed by atoms with Gasteiger partial charge in [-0.15, -0.1) is 0 Å². The predicted octanol–water partition coefficient (Wildman–Crippen LogP) is 6.87. The second-order valence-electron chi connectivity index (χ2n) is 9.81. The maximum atomic E-state index is 14.1. The molecule has 1 N–H and O–H groups in total. The third kappa shape index (κ3) is 8.38. The van der Waals surface area contributed by atoms with Crippen molar-refractivity contribution >= 4 is 62.3 Å². The highest BCUT2D eigenvalue weighted by Gasteiger charge is 2.34. The summed E-state index contributed by atoms with van der Waals surface area (Å²) in [5.41, 5.74) is 1.66. The Kier molecular flexibility index (Phi) is 11.5. The number of sulfonamides is 1. The average molecular weight is 639 g/mol. The molecule has 0 aliphatic heterocycles. The summed E-state index contributed by atoms with van der Waals surface area (Å²) in [7, 11) is -4.27. The number of benzene rings is 3. The first-order valence-corrected chi connectivity index (χ1v) is 15.8. The lowest BCUT2D eigenvalue weighted by molar-refractivity contribution is -0.140. The molecule has 0 aliphatic rings. The highest BCUT2D eigenvalue weighted by Crippen LogP contribution is 2.33. The van der Waals surface area contributed by atoms with Crippen molar-refractivity contribution in [2.75, 3.05) is 10.8 Å². The first-order valence-electron chi connectivity index (χ1n) is 13.3. The summed E-state index contributed by atoms with van der Waals surface area (Å²) in [5, 5.41) is 3.83. The molecule has 2 amide bonds. The minimum atomic E-state index is -4.27. The van der Waals surface area contributed by atoms with Crippen LogP contribution in [0, 0.1) is 6.92 Å². The fourth-order valence-electron chi connectivity index (χ4n) is 4.17. The van der Waals surface area contributed by atoms with Crippen LogP contribution in [0.25, 0.3) is 0 Å². The third-order valence-electron chi connectivity index (χ3n) is 6.72. The van der Waals surface area contributed by atoms with Gasteiger partial charge >= 0.3 is 0 Å². The van der Waals surface area contributed by atoms with Crippen LogP contribution in [0.1, 0.15) is 44.7 Å². The summed E-state index contributed by atoms with van der Waals surface area (Å²) < 4.78 is 28.9. The number of anilines is 1. The fraction of sp³-hybridized carbons (Fsp3) is 0.333. The number of hydrogen-bond donors (Lipinski definition) is 1. The van der Waals surface area contributed by atoms with E-state index in [9.17, 15) is 18.0 Å². The monoisotopic (exact) mass is 637 g/mol. The number of carbonyl (C=O) groups is 2. The fourth-order valence-corrected chi connectivity index (χ4v) is 6.16. The first kappa shape index (κ1) is 32.7. The largest absolute Gasteiger partial charge is 0.352 e. The topological polar surface area (TPSA) is 86.8 Å². The Labute approximate surface area is 257 Å². The smallest absolute Gasteiger partial charge is 0.264 e. The molecule has 0 spiro atoms. The summed E-state index contributed by atoms with van der Waals surface area (Å²) in [6, 6.07) is 16.6. The van der Waals surface area contributed by atoms with Crippen LogP contribution >= 0.6 is 34.8 Å². The Morgan fingerprint density at radius 1 is 0.878 bits per heavy atom. The van der Waals surface area contributed by atoms with Crippen LogP contribution in [0.15, 0.2) is 71.6 Å². The number of halogens is 3. The van der Waals surface area contributed by atoms with Gasteiger partial charge in [0.15, 0.2) is 0 Å². The van der Waals surface area contributed by atoms with Crippen LogP contribution in [0.4, 0.5) is 5.69 Å². The number of aryl methyl sites for hydroxylation is 1. The average Bonchev–Trinajstić information content (AvgIpc) is 2.94. The van der Waals surface area contributed by atoms with E-state index in [4.69, 9.17) is 34.8 Å². The van der Waals surface area contributed by atoms with E-state index in [0.29, 0.717) is 17.9 Å². The van der Waals surface area contributed by atoms with Crippen molar-refractivity contribution in [2.45, 2.75) is 64.1 Å². The molecule has 220 valence electrons.